The minimum absolute atomic E-state index is 0.660. The first-order valence-corrected chi connectivity index (χ1v) is 6.62. The largest absolute Gasteiger partial charge is 0.496 e. The summed E-state index contributed by atoms with van der Waals surface area (Å²) in [6.07, 6.45) is 1.65. The molecule has 0 radical (unpaired) electrons. The zero-order chi connectivity index (χ0) is 14.7. The van der Waals surface area contributed by atoms with E-state index < -0.39 is 0 Å². The Morgan fingerprint density at radius 2 is 2.05 bits per heavy atom. The lowest BCUT2D eigenvalue weighted by Gasteiger charge is -2.07. The molecule has 0 aliphatic carbocycles. The molecule has 2 aromatic rings. The van der Waals surface area contributed by atoms with E-state index in [9.17, 15) is 5.26 Å². The summed E-state index contributed by atoms with van der Waals surface area (Å²) in [6, 6.07) is 8.41. The standard InChI is InChI=1S/C16H19N3O/c1-11-9-13(6-8-16(11)20-4)5-7-14-15(10-17)19(3)12(2)18-14/h6,8-9H,5,7H2,1-4H3. The minimum Gasteiger partial charge on any atom is -0.496 e. The SMILES string of the molecule is COc1ccc(CCc2nc(C)n(C)c2C#N)cc1C. The highest BCUT2D eigenvalue weighted by molar-refractivity contribution is 5.37. The van der Waals surface area contributed by atoms with Gasteiger partial charge in [-0.2, -0.15) is 5.26 Å². The Labute approximate surface area is 119 Å². The molecule has 0 amide bonds. The predicted molar refractivity (Wildman–Crippen MR) is 77.8 cm³/mol. The van der Waals surface area contributed by atoms with Crippen LogP contribution in [0.1, 0.15) is 28.3 Å². The van der Waals surface area contributed by atoms with E-state index in [0.29, 0.717) is 5.69 Å². The van der Waals surface area contributed by atoms with Crippen LogP contribution in [-0.4, -0.2) is 16.7 Å². The fraction of sp³-hybridized carbons (Fsp3) is 0.375. The molecule has 4 heteroatoms. The van der Waals surface area contributed by atoms with Gasteiger partial charge in [0, 0.05) is 7.05 Å². The summed E-state index contributed by atoms with van der Waals surface area (Å²) in [5.41, 5.74) is 3.90. The van der Waals surface area contributed by atoms with Gasteiger partial charge < -0.3 is 9.30 Å². The first-order chi connectivity index (χ1) is 9.56. The molecule has 0 fully saturated rings. The van der Waals surface area contributed by atoms with Crippen molar-refractivity contribution < 1.29 is 4.74 Å². The Morgan fingerprint density at radius 1 is 1.30 bits per heavy atom. The molecule has 0 aliphatic rings. The highest BCUT2D eigenvalue weighted by atomic mass is 16.5. The fourth-order valence-corrected chi connectivity index (χ4v) is 2.35. The maximum atomic E-state index is 9.19. The van der Waals surface area contributed by atoms with Crippen molar-refractivity contribution in [3.63, 3.8) is 0 Å². The first kappa shape index (κ1) is 14.1. The van der Waals surface area contributed by atoms with Gasteiger partial charge in [0.25, 0.3) is 0 Å². The molecule has 1 aromatic heterocycles. The van der Waals surface area contributed by atoms with E-state index >= 15 is 0 Å². The topological polar surface area (TPSA) is 50.8 Å². The van der Waals surface area contributed by atoms with Crippen molar-refractivity contribution in [3.05, 3.63) is 46.5 Å². The first-order valence-electron chi connectivity index (χ1n) is 6.62. The lowest BCUT2D eigenvalue weighted by molar-refractivity contribution is 0.411. The molecule has 0 atom stereocenters. The van der Waals surface area contributed by atoms with Gasteiger partial charge in [0.15, 0.2) is 0 Å². The van der Waals surface area contributed by atoms with Crippen LogP contribution in [0.3, 0.4) is 0 Å². The second-order valence-electron chi connectivity index (χ2n) is 4.93. The van der Waals surface area contributed by atoms with E-state index in [2.05, 4.69) is 23.2 Å². The zero-order valence-electron chi connectivity index (χ0n) is 12.4. The second kappa shape index (κ2) is 5.79. The maximum absolute atomic E-state index is 9.19. The van der Waals surface area contributed by atoms with Crippen molar-refractivity contribution >= 4 is 0 Å². The van der Waals surface area contributed by atoms with E-state index in [1.807, 2.05) is 31.5 Å². The number of nitrogens with zero attached hydrogens (tertiary/aromatic N) is 3. The average molecular weight is 269 g/mol. The van der Waals surface area contributed by atoms with Crippen molar-refractivity contribution in [1.82, 2.24) is 9.55 Å². The van der Waals surface area contributed by atoms with Crippen LogP contribution in [0.15, 0.2) is 18.2 Å². The molecule has 0 saturated carbocycles. The number of ether oxygens (including phenoxy) is 1. The molecule has 4 nitrogen and oxygen atoms in total. The summed E-state index contributed by atoms with van der Waals surface area (Å²) in [5.74, 6) is 1.78. The molecule has 0 bridgehead atoms. The summed E-state index contributed by atoms with van der Waals surface area (Å²) in [6.45, 7) is 3.95. The molecule has 0 saturated heterocycles. The van der Waals surface area contributed by atoms with Crippen LogP contribution in [0.25, 0.3) is 0 Å². The molecule has 0 aliphatic heterocycles. The molecule has 0 unspecified atom stereocenters. The molecule has 0 spiro atoms. The van der Waals surface area contributed by atoms with E-state index in [1.165, 1.54) is 5.56 Å². The summed E-state index contributed by atoms with van der Waals surface area (Å²) in [7, 11) is 3.56. The Kier molecular flexibility index (Phi) is 4.09. The fourth-order valence-electron chi connectivity index (χ4n) is 2.35. The molecular weight excluding hydrogens is 250 g/mol. The van der Waals surface area contributed by atoms with Crippen LogP contribution in [0.2, 0.25) is 0 Å². The second-order valence-corrected chi connectivity index (χ2v) is 4.93. The van der Waals surface area contributed by atoms with Crippen molar-refractivity contribution in [2.24, 2.45) is 7.05 Å². The van der Waals surface area contributed by atoms with Gasteiger partial charge in [-0.25, -0.2) is 4.98 Å². The van der Waals surface area contributed by atoms with Gasteiger partial charge in [0.05, 0.1) is 12.8 Å². The molecular formula is C16H19N3O. The molecule has 104 valence electrons. The summed E-state index contributed by atoms with van der Waals surface area (Å²) in [5, 5.41) is 9.19. The van der Waals surface area contributed by atoms with Crippen molar-refractivity contribution in [1.29, 1.82) is 5.26 Å². The number of imidazole rings is 1. The van der Waals surface area contributed by atoms with E-state index in [4.69, 9.17) is 4.74 Å². The summed E-state index contributed by atoms with van der Waals surface area (Å²) in [4.78, 5) is 4.47. The molecule has 0 N–H and O–H groups in total. The predicted octanol–water partition coefficient (Wildman–Crippen LogP) is 2.70. The number of rotatable bonds is 4. The summed E-state index contributed by atoms with van der Waals surface area (Å²) >= 11 is 0. The minimum atomic E-state index is 0.660. The lowest BCUT2D eigenvalue weighted by Crippen LogP contribution is -1.98. The number of hydrogen-bond acceptors (Lipinski definition) is 3. The van der Waals surface area contributed by atoms with Gasteiger partial charge in [-0.3, -0.25) is 0 Å². The van der Waals surface area contributed by atoms with Gasteiger partial charge in [-0.15, -0.1) is 0 Å². The summed E-state index contributed by atoms with van der Waals surface area (Å²) < 4.78 is 7.10. The van der Waals surface area contributed by atoms with Crippen molar-refractivity contribution in [2.75, 3.05) is 7.11 Å². The van der Waals surface area contributed by atoms with Gasteiger partial charge in [-0.1, -0.05) is 12.1 Å². The van der Waals surface area contributed by atoms with Crippen molar-refractivity contribution in [3.8, 4) is 11.8 Å². The third-order valence-electron chi connectivity index (χ3n) is 3.61. The Hall–Kier alpha value is -2.28. The normalized spacial score (nSPS) is 10.3. The number of aromatic nitrogens is 2. The number of benzene rings is 1. The number of hydrogen-bond donors (Lipinski definition) is 0. The lowest BCUT2D eigenvalue weighted by atomic mass is 10.0. The van der Waals surface area contributed by atoms with Crippen LogP contribution in [-0.2, 0) is 19.9 Å². The van der Waals surface area contributed by atoms with Gasteiger partial charge >= 0.3 is 0 Å². The quantitative estimate of drug-likeness (QED) is 0.857. The molecule has 2 rings (SSSR count). The Morgan fingerprint density at radius 3 is 2.65 bits per heavy atom. The van der Waals surface area contributed by atoms with E-state index in [1.54, 1.807) is 7.11 Å². The van der Waals surface area contributed by atoms with Crippen LogP contribution >= 0.6 is 0 Å². The number of aryl methyl sites for hydroxylation is 4. The van der Waals surface area contributed by atoms with E-state index in [-0.39, 0.29) is 0 Å². The van der Waals surface area contributed by atoms with Gasteiger partial charge in [-0.05, 0) is 43.9 Å². The molecule has 20 heavy (non-hydrogen) atoms. The van der Waals surface area contributed by atoms with Gasteiger partial charge in [0.2, 0.25) is 0 Å². The maximum Gasteiger partial charge on any atom is 0.143 e. The smallest absolute Gasteiger partial charge is 0.143 e. The average Bonchev–Trinajstić information content (AvgIpc) is 2.71. The monoisotopic (exact) mass is 269 g/mol. The number of nitriles is 1. The highest BCUT2D eigenvalue weighted by Crippen LogP contribution is 2.20. The van der Waals surface area contributed by atoms with Crippen LogP contribution in [0.5, 0.6) is 5.75 Å². The van der Waals surface area contributed by atoms with Crippen molar-refractivity contribution in [2.45, 2.75) is 26.7 Å². The van der Waals surface area contributed by atoms with Crippen LogP contribution < -0.4 is 4.74 Å². The Bertz CT molecular complexity index is 665. The van der Waals surface area contributed by atoms with E-state index in [0.717, 1.165) is 35.7 Å². The Balaban J connectivity index is 2.15. The number of methoxy groups -OCH3 is 1. The van der Waals surface area contributed by atoms with Crippen LogP contribution in [0.4, 0.5) is 0 Å². The zero-order valence-corrected chi connectivity index (χ0v) is 12.4. The van der Waals surface area contributed by atoms with Crippen LogP contribution in [0, 0.1) is 25.2 Å². The molecule has 1 aromatic carbocycles. The highest BCUT2D eigenvalue weighted by Gasteiger charge is 2.11. The third kappa shape index (κ3) is 2.67. The third-order valence-corrected chi connectivity index (χ3v) is 3.61. The van der Waals surface area contributed by atoms with Gasteiger partial charge in [0.1, 0.15) is 23.3 Å². The molecule has 1 heterocycles.